The number of hydrogen-bond acceptors (Lipinski definition) is 3. The number of hydrogen-bond donors (Lipinski definition) is 1. The molecular formula is C23H37IN4O. The van der Waals surface area contributed by atoms with Gasteiger partial charge in [0.1, 0.15) is 0 Å². The van der Waals surface area contributed by atoms with Crippen LogP contribution in [-0.4, -0.2) is 61.7 Å². The van der Waals surface area contributed by atoms with Crippen LogP contribution in [0.4, 0.5) is 0 Å². The van der Waals surface area contributed by atoms with Crippen molar-refractivity contribution in [1.29, 1.82) is 0 Å². The number of aliphatic imine (C=N–C) groups is 1. The maximum Gasteiger partial charge on any atom is 0.194 e. The highest BCUT2D eigenvalue weighted by Gasteiger charge is 2.42. The number of ether oxygens (including phenoxy) is 1. The first-order valence-electron chi connectivity index (χ1n) is 11.2. The van der Waals surface area contributed by atoms with Crippen molar-refractivity contribution in [2.75, 3.05) is 45.9 Å². The second kappa shape index (κ2) is 11.0. The van der Waals surface area contributed by atoms with Gasteiger partial charge in [-0.25, -0.2) is 4.99 Å². The topological polar surface area (TPSA) is 40.1 Å². The van der Waals surface area contributed by atoms with E-state index in [1.54, 1.807) is 0 Å². The summed E-state index contributed by atoms with van der Waals surface area (Å²) in [5.74, 6) is 1.07. The van der Waals surface area contributed by atoms with E-state index in [1.165, 1.54) is 56.3 Å². The summed E-state index contributed by atoms with van der Waals surface area (Å²) in [6, 6.07) is 8.86. The first kappa shape index (κ1) is 22.8. The monoisotopic (exact) mass is 512 g/mol. The first-order chi connectivity index (χ1) is 13.8. The lowest BCUT2D eigenvalue weighted by molar-refractivity contribution is 0.156. The van der Waals surface area contributed by atoms with E-state index < -0.39 is 0 Å². The van der Waals surface area contributed by atoms with Crippen LogP contribution in [0, 0.1) is 5.41 Å². The number of rotatable bonds is 5. The molecule has 1 N–H and O–H groups in total. The Morgan fingerprint density at radius 3 is 2.62 bits per heavy atom. The molecule has 1 aromatic rings. The van der Waals surface area contributed by atoms with Crippen LogP contribution < -0.4 is 5.32 Å². The number of nitrogens with zero attached hydrogens (tertiary/aromatic N) is 3. The fourth-order valence-corrected chi connectivity index (χ4v) is 4.90. The van der Waals surface area contributed by atoms with E-state index in [1.807, 2.05) is 0 Å². The van der Waals surface area contributed by atoms with Crippen molar-refractivity contribution < 1.29 is 4.74 Å². The summed E-state index contributed by atoms with van der Waals surface area (Å²) in [7, 11) is 0. The van der Waals surface area contributed by atoms with Crippen molar-refractivity contribution in [2.45, 2.75) is 52.1 Å². The number of nitrogens with one attached hydrogen (secondary N) is 1. The zero-order valence-electron chi connectivity index (χ0n) is 17.9. The predicted molar refractivity (Wildman–Crippen MR) is 130 cm³/mol. The van der Waals surface area contributed by atoms with Gasteiger partial charge in [-0.2, -0.15) is 0 Å². The molecule has 162 valence electrons. The third kappa shape index (κ3) is 5.85. The standard InChI is InChI=1S/C23H36N4O.HI/c1-2-24-22(27-14-10-23(18-27)11-15-28-19-23)25-16-20-8-4-5-9-21(20)17-26-12-6-3-7-13-26;/h4-5,8-9H,2-3,6-7,10-19H2,1H3,(H,24,25);1H. The largest absolute Gasteiger partial charge is 0.381 e. The van der Waals surface area contributed by atoms with Crippen LogP contribution in [0.25, 0.3) is 0 Å². The fraction of sp³-hybridized carbons (Fsp3) is 0.696. The second-order valence-electron chi connectivity index (χ2n) is 8.75. The molecule has 3 heterocycles. The van der Waals surface area contributed by atoms with Gasteiger partial charge in [-0.15, -0.1) is 24.0 Å². The molecule has 4 rings (SSSR count). The number of benzene rings is 1. The summed E-state index contributed by atoms with van der Waals surface area (Å²) in [4.78, 5) is 10.1. The lowest BCUT2D eigenvalue weighted by Gasteiger charge is -2.27. The molecule has 3 aliphatic heterocycles. The summed E-state index contributed by atoms with van der Waals surface area (Å²) >= 11 is 0. The van der Waals surface area contributed by atoms with Crippen LogP contribution >= 0.6 is 24.0 Å². The molecule has 0 amide bonds. The van der Waals surface area contributed by atoms with Crippen molar-refractivity contribution >= 4 is 29.9 Å². The number of piperidine rings is 1. The fourth-order valence-electron chi connectivity index (χ4n) is 4.90. The zero-order chi connectivity index (χ0) is 19.2. The van der Waals surface area contributed by atoms with E-state index in [0.29, 0.717) is 5.41 Å². The molecule has 0 aliphatic carbocycles. The summed E-state index contributed by atoms with van der Waals surface area (Å²) in [6.07, 6.45) is 6.48. The Morgan fingerprint density at radius 2 is 1.90 bits per heavy atom. The van der Waals surface area contributed by atoms with Gasteiger partial charge < -0.3 is 15.0 Å². The van der Waals surface area contributed by atoms with Gasteiger partial charge in [-0.3, -0.25) is 4.90 Å². The normalized spacial score (nSPS) is 25.4. The molecule has 0 bridgehead atoms. The molecule has 6 heteroatoms. The minimum absolute atomic E-state index is 0. The average Bonchev–Trinajstić information content (AvgIpc) is 3.37. The van der Waals surface area contributed by atoms with Crippen molar-refractivity contribution in [3.63, 3.8) is 0 Å². The number of halogens is 1. The van der Waals surface area contributed by atoms with E-state index >= 15 is 0 Å². The van der Waals surface area contributed by atoms with Gasteiger partial charge in [0, 0.05) is 38.2 Å². The molecule has 3 aliphatic rings. The average molecular weight is 512 g/mol. The van der Waals surface area contributed by atoms with E-state index in [-0.39, 0.29) is 24.0 Å². The highest BCUT2D eigenvalue weighted by molar-refractivity contribution is 14.0. The number of guanidine groups is 1. The lowest BCUT2D eigenvalue weighted by atomic mass is 9.87. The van der Waals surface area contributed by atoms with Crippen molar-refractivity contribution in [1.82, 2.24) is 15.1 Å². The molecule has 3 fully saturated rings. The van der Waals surface area contributed by atoms with Crippen LogP contribution in [-0.2, 0) is 17.8 Å². The summed E-state index contributed by atoms with van der Waals surface area (Å²) in [5, 5.41) is 3.53. The van der Waals surface area contributed by atoms with E-state index in [0.717, 1.165) is 51.9 Å². The maximum absolute atomic E-state index is 5.70. The van der Waals surface area contributed by atoms with Gasteiger partial charge in [0.15, 0.2) is 5.96 Å². The zero-order valence-corrected chi connectivity index (χ0v) is 20.2. The quantitative estimate of drug-likeness (QED) is 0.370. The Kier molecular flexibility index (Phi) is 8.62. The van der Waals surface area contributed by atoms with Crippen molar-refractivity contribution in [2.24, 2.45) is 10.4 Å². The molecular weight excluding hydrogens is 475 g/mol. The summed E-state index contributed by atoms with van der Waals surface area (Å²) < 4.78 is 5.70. The van der Waals surface area contributed by atoms with Gasteiger partial charge in [0.25, 0.3) is 0 Å². The van der Waals surface area contributed by atoms with Crippen LogP contribution in [0.2, 0.25) is 0 Å². The molecule has 3 saturated heterocycles. The predicted octanol–water partition coefficient (Wildman–Crippen LogP) is 3.87. The van der Waals surface area contributed by atoms with Crippen molar-refractivity contribution in [3.05, 3.63) is 35.4 Å². The Hall–Kier alpha value is -0.860. The lowest BCUT2D eigenvalue weighted by Crippen LogP contribution is -2.41. The minimum atomic E-state index is 0. The highest BCUT2D eigenvalue weighted by atomic mass is 127. The van der Waals surface area contributed by atoms with Gasteiger partial charge in [0.2, 0.25) is 0 Å². The van der Waals surface area contributed by atoms with Crippen molar-refractivity contribution in [3.8, 4) is 0 Å². The Morgan fingerprint density at radius 1 is 1.10 bits per heavy atom. The molecule has 5 nitrogen and oxygen atoms in total. The smallest absolute Gasteiger partial charge is 0.194 e. The van der Waals surface area contributed by atoms with Crippen LogP contribution in [0.1, 0.15) is 50.2 Å². The Labute approximate surface area is 193 Å². The van der Waals surface area contributed by atoms with E-state index in [2.05, 4.69) is 46.3 Å². The second-order valence-corrected chi connectivity index (χ2v) is 8.75. The molecule has 1 spiro atoms. The third-order valence-electron chi connectivity index (χ3n) is 6.62. The molecule has 1 aromatic carbocycles. The van der Waals surface area contributed by atoms with Crippen LogP contribution in [0.15, 0.2) is 29.3 Å². The van der Waals surface area contributed by atoms with Gasteiger partial charge >= 0.3 is 0 Å². The molecule has 0 aromatic heterocycles. The molecule has 0 radical (unpaired) electrons. The maximum atomic E-state index is 5.70. The van der Waals surface area contributed by atoms with Gasteiger partial charge in [-0.1, -0.05) is 30.7 Å². The molecule has 1 unspecified atom stereocenters. The first-order valence-corrected chi connectivity index (χ1v) is 11.2. The molecule has 29 heavy (non-hydrogen) atoms. The Balaban J connectivity index is 0.00000240. The highest BCUT2D eigenvalue weighted by Crippen LogP contribution is 2.38. The summed E-state index contributed by atoms with van der Waals surface area (Å²) in [6.45, 7) is 11.4. The van der Waals surface area contributed by atoms with Crippen LogP contribution in [0.5, 0.6) is 0 Å². The molecule has 0 saturated carbocycles. The van der Waals surface area contributed by atoms with Gasteiger partial charge in [-0.05, 0) is 56.8 Å². The van der Waals surface area contributed by atoms with Gasteiger partial charge in [0.05, 0.1) is 13.2 Å². The number of likely N-dealkylation sites (tertiary alicyclic amines) is 2. The minimum Gasteiger partial charge on any atom is -0.381 e. The molecule has 1 atom stereocenters. The van der Waals surface area contributed by atoms with E-state index in [4.69, 9.17) is 9.73 Å². The SMILES string of the molecule is CCNC(=NCc1ccccc1CN1CCCCC1)N1CCC2(CCOC2)C1.I. The van der Waals surface area contributed by atoms with Crippen LogP contribution in [0.3, 0.4) is 0 Å². The van der Waals surface area contributed by atoms with E-state index in [9.17, 15) is 0 Å². The Bertz CT molecular complexity index is 669. The summed E-state index contributed by atoms with van der Waals surface area (Å²) in [5.41, 5.74) is 3.16. The third-order valence-corrected chi connectivity index (χ3v) is 6.62.